The van der Waals surface area contributed by atoms with Crippen LogP contribution in [0.1, 0.15) is 12.0 Å². The smallest absolute Gasteiger partial charge is 0.406 e. The molecule has 2 unspecified atom stereocenters. The number of H-pyrrole nitrogens is 1. The largest absolute Gasteiger partial charge is 0.573 e. The van der Waals surface area contributed by atoms with Crippen LogP contribution < -0.4 is 15.8 Å². The number of aromatic nitrogens is 2. The van der Waals surface area contributed by atoms with E-state index in [9.17, 15) is 27.9 Å². The Balaban J connectivity index is 1.37. The van der Waals surface area contributed by atoms with Gasteiger partial charge in [-0.3, -0.25) is 14.3 Å². The van der Waals surface area contributed by atoms with Crippen LogP contribution in [0, 0.1) is 5.92 Å². The number of nitrogens with zero attached hydrogens (tertiary/aromatic N) is 1. The summed E-state index contributed by atoms with van der Waals surface area (Å²) in [5, 5.41) is 16.8. The SMILES string of the molecule is O=C(Nc1ccc(-c2noc(=O)[nH]2)cc1)C(O)C1C=CC=C(c2ccc(OC(F)(F)F)cc2)C1. The summed E-state index contributed by atoms with van der Waals surface area (Å²) in [5.74, 6) is -1.93. The topological polar surface area (TPSA) is 117 Å². The van der Waals surface area contributed by atoms with Crippen molar-refractivity contribution >= 4 is 17.2 Å². The average Bonchev–Trinajstić information content (AvgIpc) is 3.25. The van der Waals surface area contributed by atoms with Gasteiger partial charge >= 0.3 is 12.1 Å². The lowest BCUT2D eigenvalue weighted by atomic mass is 9.86. The lowest BCUT2D eigenvalue weighted by molar-refractivity contribution is -0.274. The van der Waals surface area contributed by atoms with E-state index in [0.717, 1.165) is 5.57 Å². The Morgan fingerprint density at radius 2 is 1.82 bits per heavy atom. The molecule has 2 aromatic carbocycles. The Morgan fingerprint density at radius 3 is 2.44 bits per heavy atom. The highest BCUT2D eigenvalue weighted by Crippen LogP contribution is 2.31. The number of hydrogen-bond donors (Lipinski definition) is 3. The molecule has 3 N–H and O–H groups in total. The fourth-order valence-electron chi connectivity index (χ4n) is 3.48. The standard InChI is InChI=1S/C23H18F3N3O5/c24-23(25,26)33-18-10-6-13(7-11-18)15-2-1-3-16(12-15)19(30)21(31)27-17-8-4-14(5-9-17)20-28-22(32)34-29-20/h1-11,16,19,30H,12H2,(H,27,31)(H,28,29,32). The lowest BCUT2D eigenvalue weighted by Gasteiger charge is -2.23. The molecule has 0 radical (unpaired) electrons. The second kappa shape index (κ2) is 9.40. The summed E-state index contributed by atoms with van der Waals surface area (Å²) < 4.78 is 45.3. The third kappa shape index (κ3) is 5.62. The number of aliphatic hydroxyl groups is 1. The number of aliphatic hydroxyl groups excluding tert-OH is 1. The molecule has 2 atom stereocenters. The number of amides is 1. The maximum Gasteiger partial charge on any atom is 0.573 e. The van der Waals surface area contributed by atoms with Crippen LogP contribution in [0.2, 0.25) is 0 Å². The van der Waals surface area contributed by atoms with Crippen LogP contribution in [-0.2, 0) is 4.79 Å². The molecule has 1 amide bonds. The van der Waals surface area contributed by atoms with Gasteiger partial charge < -0.3 is 15.2 Å². The van der Waals surface area contributed by atoms with Crippen LogP contribution in [0.15, 0.2) is 76.1 Å². The van der Waals surface area contributed by atoms with Crippen LogP contribution in [0.3, 0.4) is 0 Å². The number of allylic oxidation sites excluding steroid dienone is 3. The van der Waals surface area contributed by atoms with Gasteiger partial charge in [-0.25, -0.2) is 4.79 Å². The molecule has 11 heteroatoms. The van der Waals surface area contributed by atoms with E-state index in [-0.39, 0.29) is 11.6 Å². The predicted octanol–water partition coefficient (Wildman–Crippen LogP) is 3.89. The molecule has 0 spiro atoms. The van der Waals surface area contributed by atoms with E-state index in [0.29, 0.717) is 23.2 Å². The van der Waals surface area contributed by atoms with Crippen molar-refractivity contribution in [3.8, 4) is 17.1 Å². The first-order chi connectivity index (χ1) is 16.2. The maximum absolute atomic E-state index is 12.6. The first kappa shape index (κ1) is 23.1. The number of anilines is 1. The fraction of sp³-hybridized carbons (Fsp3) is 0.174. The minimum absolute atomic E-state index is 0.243. The summed E-state index contributed by atoms with van der Waals surface area (Å²) in [4.78, 5) is 26.0. The number of carbonyl (C=O) groups excluding carboxylic acids is 1. The zero-order chi connectivity index (χ0) is 24.3. The molecule has 0 bridgehead atoms. The van der Waals surface area contributed by atoms with Crippen LogP contribution in [0.5, 0.6) is 5.75 Å². The third-order valence-electron chi connectivity index (χ3n) is 5.11. The molecule has 3 aromatic rings. The van der Waals surface area contributed by atoms with Crippen molar-refractivity contribution in [2.75, 3.05) is 5.32 Å². The van der Waals surface area contributed by atoms with E-state index in [2.05, 4.69) is 24.7 Å². The van der Waals surface area contributed by atoms with Crippen molar-refractivity contribution in [2.45, 2.75) is 18.9 Å². The second-order valence-electron chi connectivity index (χ2n) is 7.47. The molecule has 34 heavy (non-hydrogen) atoms. The molecular weight excluding hydrogens is 455 g/mol. The van der Waals surface area contributed by atoms with Crippen molar-refractivity contribution in [3.05, 3.63) is 82.9 Å². The Hall–Kier alpha value is -4.12. The minimum Gasteiger partial charge on any atom is -0.406 e. The van der Waals surface area contributed by atoms with Gasteiger partial charge in [-0.05, 0) is 54.0 Å². The summed E-state index contributed by atoms with van der Waals surface area (Å²) in [6, 6.07) is 11.8. The third-order valence-corrected chi connectivity index (χ3v) is 5.11. The Kier molecular flexibility index (Phi) is 6.37. The summed E-state index contributed by atoms with van der Waals surface area (Å²) in [7, 11) is 0. The minimum atomic E-state index is -4.77. The molecule has 1 aliphatic carbocycles. The average molecular weight is 473 g/mol. The van der Waals surface area contributed by atoms with Gasteiger partial charge in [-0.2, -0.15) is 0 Å². The van der Waals surface area contributed by atoms with E-state index in [1.165, 1.54) is 24.3 Å². The van der Waals surface area contributed by atoms with Crippen molar-refractivity contribution in [1.29, 1.82) is 0 Å². The van der Waals surface area contributed by atoms with Gasteiger partial charge in [0.25, 0.3) is 5.91 Å². The molecule has 176 valence electrons. The fourth-order valence-corrected chi connectivity index (χ4v) is 3.48. The van der Waals surface area contributed by atoms with E-state index >= 15 is 0 Å². The summed E-state index contributed by atoms with van der Waals surface area (Å²) in [5.41, 5.74) is 2.40. The van der Waals surface area contributed by atoms with Crippen molar-refractivity contribution < 1.29 is 32.3 Å². The summed E-state index contributed by atoms with van der Waals surface area (Å²) >= 11 is 0. The Morgan fingerprint density at radius 1 is 1.15 bits per heavy atom. The van der Waals surface area contributed by atoms with E-state index in [1.54, 1.807) is 42.5 Å². The Bertz CT molecular complexity index is 1270. The zero-order valence-corrected chi connectivity index (χ0v) is 17.4. The van der Waals surface area contributed by atoms with Crippen LogP contribution in [0.25, 0.3) is 17.0 Å². The molecule has 1 aromatic heterocycles. The molecule has 1 aliphatic rings. The molecule has 0 aliphatic heterocycles. The Labute approximate surface area is 190 Å². The molecule has 8 nitrogen and oxygen atoms in total. The second-order valence-corrected chi connectivity index (χ2v) is 7.47. The molecular formula is C23H18F3N3O5. The molecule has 1 heterocycles. The maximum atomic E-state index is 12.6. The number of ether oxygens (including phenoxy) is 1. The summed E-state index contributed by atoms with van der Waals surface area (Å²) in [6.45, 7) is 0. The van der Waals surface area contributed by atoms with E-state index < -0.39 is 30.0 Å². The van der Waals surface area contributed by atoms with Crippen molar-refractivity contribution in [2.24, 2.45) is 5.92 Å². The van der Waals surface area contributed by atoms with Gasteiger partial charge in [0.05, 0.1) is 0 Å². The first-order valence-corrected chi connectivity index (χ1v) is 10.1. The molecule has 0 saturated carbocycles. The zero-order valence-electron chi connectivity index (χ0n) is 17.4. The van der Waals surface area contributed by atoms with Crippen LogP contribution in [0.4, 0.5) is 18.9 Å². The lowest BCUT2D eigenvalue weighted by Crippen LogP contribution is -2.34. The number of hydrogen-bond acceptors (Lipinski definition) is 6. The predicted molar refractivity (Wildman–Crippen MR) is 116 cm³/mol. The highest BCUT2D eigenvalue weighted by atomic mass is 19.4. The molecule has 0 saturated heterocycles. The van der Waals surface area contributed by atoms with Gasteiger partial charge in [0, 0.05) is 17.2 Å². The number of aromatic amines is 1. The number of halogens is 3. The monoisotopic (exact) mass is 473 g/mol. The van der Waals surface area contributed by atoms with E-state index in [4.69, 9.17) is 0 Å². The van der Waals surface area contributed by atoms with Gasteiger partial charge in [-0.15, -0.1) is 13.2 Å². The highest BCUT2D eigenvalue weighted by molar-refractivity contribution is 5.94. The van der Waals surface area contributed by atoms with E-state index in [1.807, 2.05) is 0 Å². The summed E-state index contributed by atoms with van der Waals surface area (Å²) in [6.07, 6.45) is -0.672. The molecule has 4 rings (SSSR count). The van der Waals surface area contributed by atoms with Crippen molar-refractivity contribution in [1.82, 2.24) is 10.1 Å². The number of alkyl halides is 3. The highest BCUT2D eigenvalue weighted by Gasteiger charge is 2.31. The quantitative estimate of drug-likeness (QED) is 0.500. The van der Waals surface area contributed by atoms with Crippen LogP contribution >= 0.6 is 0 Å². The first-order valence-electron chi connectivity index (χ1n) is 10.1. The van der Waals surface area contributed by atoms with Gasteiger partial charge in [0.1, 0.15) is 11.9 Å². The van der Waals surface area contributed by atoms with Gasteiger partial charge in [0.15, 0.2) is 5.82 Å². The number of benzene rings is 2. The molecule has 0 fully saturated rings. The number of nitrogens with one attached hydrogen (secondary N) is 2. The van der Waals surface area contributed by atoms with Crippen molar-refractivity contribution in [3.63, 3.8) is 0 Å². The van der Waals surface area contributed by atoms with Crippen LogP contribution in [-0.4, -0.2) is 33.6 Å². The normalized spacial score (nSPS) is 16.6. The van der Waals surface area contributed by atoms with Gasteiger partial charge in [-0.1, -0.05) is 35.5 Å². The number of rotatable bonds is 6. The van der Waals surface area contributed by atoms with Gasteiger partial charge in [0.2, 0.25) is 0 Å². The number of carbonyl (C=O) groups is 1.